The Bertz CT molecular complexity index is 458. The van der Waals surface area contributed by atoms with Gasteiger partial charge in [0.1, 0.15) is 12.4 Å². The fourth-order valence-corrected chi connectivity index (χ4v) is 1.68. The third kappa shape index (κ3) is 5.53. The predicted molar refractivity (Wildman–Crippen MR) is 78.2 cm³/mol. The molecule has 0 fully saturated rings. The molecular formula is C16H23NO3. The second kappa shape index (κ2) is 7.20. The van der Waals surface area contributed by atoms with E-state index in [4.69, 9.17) is 10.5 Å². The van der Waals surface area contributed by atoms with Gasteiger partial charge in [-0.3, -0.25) is 9.59 Å². The molecule has 0 atom stereocenters. The highest BCUT2D eigenvalue weighted by atomic mass is 16.5. The first kappa shape index (κ1) is 16.4. The van der Waals surface area contributed by atoms with Gasteiger partial charge in [0.2, 0.25) is 0 Å². The van der Waals surface area contributed by atoms with Crippen molar-refractivity contribution in [3.05, 3.63) is 35.4 Å². The monoisotopic (exact) mass is 277 g/mol. The van der Waals surface area contributed by atoms with E-state index in [1.807, 2.05) is 24.3 Å². The van der Waals surface area contributed by atoms with Gasteiger partial charge in [-0.2, -0.15) is 0 Å². The number of esters is 1. The van der Waals surface area contributed by atoms with E-state index in [0.29, 0.717) is 0 Å². The number of carbonyl (C=O) groups excluding carboxylic acids is 2. The van der Waals surface area contributed by atoms with Crippen molar-refractivity contribution >= 4 is 11.8 Å². The largest absolute Gasteiger partial charge is 0.461 e. The smallest absolute Gasteiger partial charge is 0.306 e. The Morgan fingerprint density at radius 1 is 1.10 bits per heavy atom. The molecule has 20 heavy (non-hydrogen) atoms. The van der Waals surface area contributed by atoms with Crippen LogP contribution in [-0.4, -0.2) is 18.3 Å². The lowest BCUT2D eigenvalue weighted by atomic mass is 9.87. The SMILES string of the molecule is CC(C)(C)c1ccc(COC(=O)CCC(=O)CN)cc1. The third-order valence-electron chi connectivity index (χ3n) is 3.06. The number of hydrogen-bond donors (Lipinski definition) is 1. The molecule has 0 aromatic heterocycles. The average molecular weight is 277 g/mol. The topological polar surface area (TPSA) is 69.4 Å². The lowest BCUT2D eigenvalue weighted by molar-refractivity contribution is -0.146. The van der Waals surface area contributed by atoms with Crippen molar-refractivity contribution in [1.29, 1.82) is 0 Å². The number of benzene rings is 1. The fourth-order valence-electron chi connectivity index (χ4n) is 1.68. The summed E-state index contributed by atoms with van der Waals surface area (Å²) in [5.74, 6) is -0.497. The van der Waals surface area contributed by atoms with Crippen LogP contribution in [0.15, 0.2) is 24.3 Å². The first-order valence-corrected chi connectivity index (χ1v) is 6.79. The quantitative estimate of drug-likeness (QED) is 0.810. The highest BCUT2D eigenvalue weighted by molar-refractivity contribution is 5.84. The van der Waals surface area contributed by atoms with Crippen molar-refractivity contribution in [3.63, 3.8) is 0 Å². The Hall–Kier alpha value is -1.68. The Balaban J connectivity index is 2.42. The van der Waals surface area contributed by atoms with Gasteiger partial charge in [0.05, 0.1) is 13.0 Å². The summed E-state index contributed by atoms with van der Waals surface area (Å²) in [7, 11) is 0. The molecule has 2 N–H and O–H groups in total. The summed E-state index contributed by atoms with van der Waals surface area (Å²) < 4.78 is 5.12. The number of ether oxygens (including phenoxy) is 1. The number of ketones is 1. The zero-order valence-electron chi connectivity index (χ0n) is 12.4. The number of Topliss-reactive ketones (excluding diaryl/α,β-unsaturated/α-hetero) is 1. The molecule has 1 aromatic rings. The molecule has 1 rings (SSSR count). The van der Waals surface area contributed by atoms with E-state index >= 15 is 0 Å². The van der Waals surface area contributed by atoms with Crippen LogP contribution < -0.4 is 5.73 Å². The zero-order chi connectivity index (χ0) is 15.2. The summed E-state index contributed by atoms with van der Waals surface area (Å²) in [5.41, 5.74) is 7.46. The molecule has 0 saturated carbocycles. The van der Waals surface area contributed by atoms with Crippen molar-refractivity contribution in [3.8, 4) is 0 Å². The molecule has 1 aromatic carbocycles. The van der Waals surface area contributed by atoms with Crippen LogP contribution in [0.2, 0.25) is 0 Å². The second-order valence-corrected chi connectivity index (χ2v) is 5.85. The number of hydrogen-bond acceptors (Lipinski definition) is 4. The van der Waals surface area contributed by atoms with Gasteiger partial charge < -0.3 is 10.5 Å². The van der Waals surface area contributed by atoms with Crippen LogP contribution in [0.4, 0.5) is 0 Å². The van der Waals surface area contributed by atoms with Gasteiger partial charge >= 0.3 is 5.97 Å². The summed E-state index contributed by atoms with van der Waals surface area (Å²) >= 11 is 0. The van der Waals surface area contributed by atoms with E-state index in [-0.39, 0.29) is 43.2 Å². The molecule has 4 heteroatoms. The first-order valence-electron chi connectivity index (χ1n) is 6.79. The van der Waals surface area contributed by atoms with Crippen molar-refractivity contribution in [2.24, 2.45) is 5.73 Å². The molecule has 4 nitrogen and oxygen atoms in total. The minimum atomic E-state index is -0.369. The van der Waals surface area contributed by atoms with Crippen molar-refractivity contribution < 1.29 is 14.3 Å². The third-order valence-corrected chi connectivity index (χ3v) is 3.06. The molecule has 110 valence electrons. The minimum absolute atomic E-state index is 0.0262. The lowest BCUT2D eigenvalue weighted by Gasteiger charge is -2.19. The van der Waals surface area contributed by atoms with E-state index in [9.17, 15) is 9.59 Å². The molecule has 0 aliphatic heterocycles. The van der Waals surface area contributed by atoms with Crippen molar-refractivity contribution in [2.75, 3.05) is 6.54 Å². The summed E-state index contributed by atoms with van der Waals surface area (Å²) in [5, 5.41) is 0. The van der Waals surface area contributed by atoms with Gasteiger partial charge in [0.25, 0.3) is 0 Å². The van der Waals surface area contributed by atoms with Gasteiger partial charge in [0.15, 0.2) is 0 Å². The van der Waals surface area contributed by atoms with Gasteiger partial charge in [-0.25, -0.2) is 0 Å². The first-order chi connectivity index (χ1) is 9.32. The number of carbonyl (C=O) groups is 2. The number of rotatable bonds is 6. The van der Waals surface area contributed by atoms with Gasteiger partial charge in [0, 0.05) is 6.42 Å². The Morgan fingerprint density at radius 3 is 2.20 bits per heavy atom. The maximum Gasteiger partial charge on any atom is 0.306 e. The molecule has 0 aliphatic carbocycles. The van der Waals surface area contributed by atoms with Crippen LogP contribution in [0.5, 0.6) is 0 Å². The zero-order valence-corrected chi connectivity index (χ0v) is 12.4. The van der Waals surface area contributed by atoms with E-state index in [0.717, 1.165) is 5.56 Å². The molecule has 0 amide bonds. The molecular weight excluding hydrogens is 254 g/mol. The molecule has 0 unspecified atom stereocenters. The molecule has 0 radical (unpaired) electrons. The van der Waals surface area contributed by atoms with Gasteiger partial charge in [-0.05, 0) is 16.5 Å². The van der Waals surface area contributed by atoms with Crippen LogP contribution in [0.1, 0.15) is 44.7 Å². The highest BCUT2D eigenvalue weighted by Crippen LogP contribution is 2.22. The highest BCUT2D eigenvalue weighted by Gasteiger charge is 2.13. The Kier molecular flexibility index (Phi) is 5.89. The van der Waals surface area contributed by atoms with E-state index in [1.54, 1.807) is 0 Å². The lowest BCUT2D eigenvalue weighted by Crippen LogP contribution is -2.15. The Morgan fingerprint density at radius 2 is 1.70 bits per heavy atom. The molecule has 0 bridgehead atoms. The predicted octanol–water partition coefficient (Wildman–Crippen LogP) is 2.34. The standard InChI is InChI=1S/C16H23NO3/c1-16(2,3)13-6-4-12(5-7-13)11-20-15(19)9-8-14(18)10-17/h4-7H,8-11,17H2,1-3H3. The second-order valence-electron chi connectivity index (χ2n) is 5.85. The fraction of sp³-hybridized carbons (Fsp3) is 0.500. The molecule has 0 heterocycles. The van der Waals surface area contributed by atoms with Crippen LogP contribution in [0, 0.1) is 0 Å². The molecule has 0 spiro atoms. The molecule has 0 aliphatic rings. The average Bonchev–Trinajstić information content (AvgIpc) is 2.41. The van der Waals surface area contributed by atoms with Gasteiger partial charge in [-0.1, -0.05) is 45.0 Å². The summed E-state index contributed by atoms with van der Waals surface area (Å²) in [6.07, 6.45) is 0.244. The maximum atomic E-state index is 11.4. The summed E-state index contributed by atoms with van der Waals surface area (Å²) in [6.45, 7) is 6.66. The summed E-state index contributed by atoms with van der Waals surface area (Å²) in [6, 6.07) is 8.00. The number of nitrogens with two attached hydrogens (primary N) is 1. The Labute approximate surface area is 120 Å². The maximum absolute atomic E-state index is 11.4. The van der Waals surface area contributed by atoms with Crippen molar-refractivity contribution in [2.45, 2.75) is 45.6 Å². The van der Waals surface area contributed by atoms with E-state index in [2.05, 4.69) is 20.8 Å². The van der Waals surface area contributed by atoms with Crippen molar-refractivity contribution in [1.82, 2.24) is 0 Å². The normalized spacial score (nSPS) is 11.2. The van der Waals surface area contributed by atoms with Crippen LogP contribution >= 0.6 is 0 Å². The van der Waals surface area contributed by atoms with E-state index < -0.39 is 0 Å². The molecule has 0 saturated heterocycles. The van der Waals surface area contributed by atoms with Crippen LogP contribution in [-0.2, 0) is 26.3 Å². The van der Waals surface area contributed by atoms with Gasteiger partial charge in [-0.15, -0.1) is 0 Å². The minimum Gasteiger partial charge on any atom is -0.461 e. The van der Waals surface area contributed by atoms with Crippen LogP contribution in [0.25, 0.3) is 0 Å². The van der Waals surface area contributed by atoms with Crippen LogP contribution in [0.3, 0.4) is 0 Å². The van der Waals surface area contributed by atoms with E-state index in [1.165, 1.54) is 5.56 Å². The summed E-state index contributed by atoms with van der Waals surface area (Å²) in [4.78, 5) is 22.4.